The molecule has 1 fully saturated rings. The van der Waals surface area contributed by atoms with Gasteiger partial charge in [0.05, 0.1) is 12.6 Å². The summed E-state index contributed by atoms with van der Waals surface area (Å²) in [5.41, 5.74) is 5.64. The van der Waals surface area contributed by atoms with E-state index in [4.69, 9.17) is 15.9 Å². The number of aliphatic carboxylic acids is 1. The van der Waals surface area contributed by atoms with Crippen LogP contribution < -0.4 is 16.4 Å². The van der Waals surface area contributed by atoms with Crippen LogP contribution in [0.1, 0.15) is 26.7 Å². The molecule has 0 aromatic carbocycles. The van der Waals surface area contributed by atoms with E-state index < -0.39 is 54.5 Å². The average molecular weight is 404 g/mol. The van der Waals surface area contributed by atoms with Crippen molar-refractivity contribution in [3.05, 3.63) is 0 Å². The first kappa shape index (κ1) is 23.2. The van der Waals surface area contributed by atoms with Crippen molar-refractivity contribution in [1.29, 1.82) is 0 Å². The fourth-order valence-corrected chi connectivity index (χ4v) is 2.96. The molecule has 0 aliphatic carbocycles. The third-order valence-corrected chi connectivity index (χ3v) is 4.79. The van der Waals surface area contributed by atoms with E-state index in [2.05, 4.69) is 23.3 Å². The molecule has 0 aromatic rings. The predicted molar refractivity (Wildman–Crippen MR) is 100.0 cm³/mol. The van der Waals surface area contributed by atoms with Gasteiger partial charge in [-0.1, -0.05) is 13.8 Å². The molecule has 1 heterocycles. The zero-order valence-corrected chi connectivity index (χ0v) is 16.3. The highest BCUT2D eigenvalue weighted by atomic mass is 32.1. The van der Waals surface area contributed by atoms with Crippen LogP contribution in [-0.2, 0) is 19.2 Å². The molecule has 6 N–H and O–H groups in total. The van der Waals surface area contributed by atoms with Crippen LogP contribution in [0.5, 0.6) is 0 Å². The molecular formula is C16H28N4O6S. The number of carboxylic acid groups (broad SMARTS) is 1. The monoisotopic (exact) mass is 404 g/mol. The van der Waals surface area contributed by atoms with Crippen molar-refractivity contribution in [2.24, 2.45) is 11.7 Å². The number of nitrogens with one attached hydrogen (secondary N) is 2. The second-order valence-corrected chi connectivity index (χ2v) is 7.16. The lowest BCUT2D eigenvalue weighted by molar-refractivity contribution is -0.146. The SMILES string of the molecule is CC(C)C(NC(=O)C(N)CS)C(=O)N1CCCC1C(=O)NC(CO)C(=O)O. The minimum atomic E-state index is -1.44. The Morgan fingerprint density at radius 1 is 1.26 bits per heavy atom. The maximum Gasteiger partial charge on any atom is 0.328 e. The summed E-state index contributed by atoms with van der Waals surface area (Å²) in [5.74, 6) is -3.08. The molecule has 0 bridgehead atoms. The number of hydrogen-bond acceptors (Lipinski definition) is 7. The molecule has 11 heteroatoms. The number of carboxylic acids is 1. The van der Waals surface area contributed by atoms with E-state index in [0.717, 1.165) is 0 Å². The molecule has 0 saturated carbocycles. The molecule has 0 spiro atoms. The van der Waals surface area contributed by atoms with Crippen LogP contribution in [0, 0.1) is 5.92 Å². The third-order valence-electron chi connectivity index (χ3n) is 4.40. The van der Waals surface area contributed by atoms with Crippen LogP contribution in [-0.4, -0.2) is 81.9 Å². The van der Waals surface area contributed by atoms with Crippen molar-refractivity contribution in [2.75, 3.05) is 18.9 Å². The molecule has 27 heavy (non-hydrogen) atoms. The van der Waals surface area contributed by atoms with Gasteiger partial charge >= 0.3 is 5.97 Å². The van der Waals surface area contributed by atoms with Crippen molar-refractivity contribution < 1.29 is 29.4 Å². The minimum Gasteiger partial charge on any atom is -0.480 e. The molecule has 1 rings (SSSR count). The van der Waals surface area contributed by atoms with Crippen molar-refractivity contribution in [2.45, 2.75) is 50.9 Å². The van der Waals surface area contributed by atoms with Crippen molar-refractivity contribution >= 4 is 36.3 Å². The highest BCUT2D eigenvalue weighted by molar-refractivity contribution is 7.80. The van der Waals surface area contributed by atoms with E-state index >= 15 is 0 Å². The van der Waals surface area contributed by atoms with Gasteiger partial charge in [-0.3, -0.25) is 14.4 Å². The zero-order valence-electron chi connectivity index (χ0n) is 15.4. The Balaban J connectivity index is 2.89. The number of rotatable bonds is 9. The lowest BCUT2D eigenvalue weighted by atomic mass is 10.0. The molecule has 1 aliphatic heterocycles. The van der Waals surface area contributed by atoms with Crippen molar-refractivity contribution in [3.8, 4) is 0 Å². The van der Waals surface area contributed by atoms with Gasteiger partial charge in [-0.2, -0.15) is 12.6 Å². The summed E-state index contributed by atoms with van der Waals surface area (Å²) in [5, 5.41) is 22.8. The molecule has 4 atom stereocenters. The summed E-state index contributed by atoms with van der Waals surface area (Å²) in [6.07, 6.45) is 0.930. The lowest BCUT2D eigenvalue weighted by Crippen LogP contribution is -2.58. The largest absolute Gasteiger partial charge is 0.480 e. The quantitative estimate of drug-likeness (QED) is 0.241. The van der Waals surface area contributed by atoms with E-state index in [1.54, 1.807) is 13.8 Å². The Labute approximate surface area is 163 Å². The number of thiol groups is 1. The van der Waals surface area contributed by atoms with Crippen LogP contribution in [0.25, 0.3) is 0 Å². The van der Waals surface area contributed by atoms with Gasteiger partial charge < -0.3 is 31.5 Å². The van der Waals surface area contributed by atoms with E-state index in [9.17, 15) is 19.2 Å². The van der Waals surface area contributed by atoms with Crippen LogP contribution >= 0.6 is 12.6 Å². The fourth-order valence-electron chi connectivity index (χ4n) is 2.79. The molecule has 154 valence electrons. The topological polar surface area (TPSA) is 162 Å². The first-order valence-electron chi connectivity index (χ1n) is 8.75. The van der Waals surface area contributed by atoms with Crippen LogP contribution in [0.4, 0.5) is 0 Å². The molecule has 3 amide bonds. The first-order valence-corrected chi connectivity index (χ1v) is 9.38. The molecular weight excluding hydrogens is 376 g/mol. The maximum atomic E-state index is 12.9. The second kappa shape index (κ2) is 10.5. The summed E-state index contributed by atoms with van der Waals surface area (Å²) < 4.78 is 0. The molecule has 1 aliphatic rings. The highest BCUT2D eigenvalue weighted by Crippen LogP contribution is 2.20. The molecule has 0 aromatic heterocycles. The number of aliphatic hydroxyl groups is 1. The van der Waals surface area contributed by atoms with Gasteiger partial charge in [0, 0.05) is 12.3 Å². The van der Waals surface area contributed by atoms with Crippen LogP contribution in [0.15, 0.2) is 0 Å². The number of likely N-dealkylation sites (tertiary alicyclic amines) is 1. The molecule has 10 nitrogen and oxygen atoms in total. The van der Waals surface area contributed by atoms with Crippen molar-refractivity contribution in [1.82, 2.24) is 15.5 Å². The van der Waals surface area contributed by atoms with E-state index in [1.807, 2.05) is 0 Å². The molecule has 1 saturated heterocycles. The van der Waals surface area contributed by atoms with E-state index in [0.29, 0.717) is 19.4 Å². The first-order chi connectivity index (χ1) is 12.6. The van der Waals surface area contributed by atoms with Gasteiger partial charge in [0.25, 0.3) is 0 Å². The number of hydrogen-bond donors (Lipinski definition) is 6. The Kier molecular flexibility index (Phi) is 9.00. The van der Waals surface area contributed by atoms with Gasteiger partial charge in [0.2, 0.25) is 17.7 Å². The van der Waals surface area contributed by atoms with Gasteiger partial charge in [-0.05, 0) is 18.8 Å². The number of nitrogens with two attached hydrogens (primary N) is 1. The summed E-state index contributed by atoms with van der Waals surface area (Å²) in [7, 11) is 0. The van der Waals surface area contributed by atoms with Crippen LogP contribution in [0.3, 0.4) is 0 Å². The van der Waals surface area contributed by atoms with Crippen molar-refractivity contribution in [3.63, 3.8) is 0 Å². The number of carbonyl (C=O) groups excluding carboxylic acids is 3. The van der Waals surface area contributed by atoms with Gasteiger partial charge in [-0.15, -0.1) is 0 Å². The van der Waals surface area contributed by atoms with Gasteiger partial charge in [-0.25, -0.2) is 4.79 Å². The third kappa shape index (κ3) is 6.08. The summed E-state index contributed by atoms with van der Waals surface area (Å²) >= 11 is 3.96. The number of nitrogens with zero attached hydrogens (tertiary/aromatic N) is 1. The zero-order chi connectivity index (χ0) is 20.7. The second-order valence-electron chi connectivity index (χ2n) is 6.79. The summed E-state index contributed by atoms with van der Waals surface area (Å²) in [4.78, 5) is 49.7. The Bertz CT molecular complexity index is 573. The summed E-state index contributed by atoms with van der Waals surface area (Å²) in [6.45, 7) is 3.07. The smallest absolute Gasteiger partial charge is 0.328 e. The number of aliphatic hydroxyl groups excluding tert-OH is 1. The van der Waals surface area contributed by atoms with E-state index in [-0.39, 0.29) is 11.7 Å². The Morgan fingerprint density at radius 2 is 1.89 bits per heavy atom. The standard InChI is InChI=1S/C16H28N4O6S/c1-8(2)12(19-13(22)9(17)7-27)15(24)20-5-3-4-11(20)14(23)18-10(6-21)16(25)26/h8-12,21,27H,3-7,17H2,1-2H3,(H,18,23)(H,19,22)(H,25,26). The Morgan fingerprint density at radius 3 is 2.37 bits per heavy atom. The molecule has 4 unspecified atom stereocenters. The average Bonchev–Trinajstić information content (AvgIpc) is 3.11. The normalized spacial score (nSPS) is 20.1. The highest BCUT2D eigenvalue weighted by Gasteiger charge is 2.39. The number of amides is 3. The molecule has 0 radical (unpaired) electrons. The summed E-state index contributed by atoms with van der Waals surface area (Å²) in [6, 6.07) is -4.03. The maximum absolute atomic E-state index is 12.9. The predicted octanol–water partition coefficient (Wildman–Crippen LogP) is -2.06. The van der Waals surface area contributed by atoms with E-state index in [1.165, 1.54) is 4.90 Å². The minimum absolute atomic E-state index is 0.122. The fraction of sp³-hybridized carbons (Fsp3) is 0.750. The Hall–Kier alpha value is -1.85. The number of carbonyl (C=O) groups is 4. The van der Waals surface area contributed by atoms with Gasteiger partial charge in [0.15, 0.2) is 0 Å². The van der Waals surface area contributed by atoms with Gasteiger partial charge in [0.1, 0.15) is 18.1 Å². The van der Waals surface area contributed by atoms with Crippen LogP contribution in [0.2, 0.25) is 0 Å². The lowest BCUT2D eigenvalue weighted by Gasteiger charge is -2.31.